The molecule has 6 heteroatoms. The molecular weight excluding hydrogens is 252 g/mol. The van der Waals surface area contributed by atoms with E-state index >= 15 is 0 Å². The van der Waals surface area contributed by atoms with Gasteiger partial charge in [-0.25, -0.2) is 0 Å². The van der Waals surface area contributed by atoms with E-state index in [1.54, 1.807) is 6.07 Å². The Morgan fingerprint density at radius 1 is 1.57 bits per heavy atom. The second-order valence-corrected chi connectivity index (χ2v) is 3.20. The van der Waals surface area contributed by atoms with Crippen molar-refractivity contribution in [1.29, 1.82) is 0 Å². The van der Waals surface area contributed by atoms with Crippen molar-refractivity contribution in [3.8, 4) is 0 Å². The number of amides is 1. The zero-order chi connectivity index (χ0) is 9.97. The van der Waals surface area contributed by atoms with Crippen LogP contribution in [0.4, 0.5) is 5.69 Å². The molecule has 1 N–H and O–H groups in total. The third kappa shape index (κ3) is 1.69. The van der Waals surface area contributed by atoms with Crippen LogP contribution in [0.3, 0.4) is 0 Å². The highest BCUT2D eigenvalue weighted by Gasteiger charge is 2.12. The van der Waals surface area contributed by atoms with Gasteiger partial charge in [0.05, 0.1) is 18.0 Å². The van der Waals surface area contributed by atoms with Gasteiger partial charge in [-0.1, -0.05) is 5.16 Å². The van der Waals surface area contributed by atoms with Crippen molar-refractivity contribution in [3.63, 3.8) is 0 Å². The number of carbonyl (C=O) groups excluding carboxylic acids is 1. The molecule has 0 spiro atoms. The lowest BCUT2D eigenvalue weighted by Gasteiger charge is -1.97. The van der Waals surface area contributed by atoms with E-state index < -0.39 is 0 Å². The molecule has 0 atom stereocenters. The average molecular weight is 257 g/mol. The molecule has 0 aliphatic carbocycles. The topological polar surface area (TPSA) is 68.3 Å². The molecule has 0 radical (unpaired) electrons. The number of halogens is 1. The summed E-state index contributed by atoms with van der Waals surface area (Å²) in [7, 11) is 0. The lowest BCUT2D eigenvalue weighted by atomic mass is 10.3. The van der Waals surface area contributed by atoms with Crippen LogP contribution in [0.1, 0.15) is 10.4 Å². The Morgan fingerprint density at radius 3 is 3.00 bits per heavy atom. The number of hydrogen-bond donors (Lipinski definition) is 1. The SMILES string of the molecule is O=C(Nc1cnoc1)c1ccoc1Br. The molecule has 0 aliphatic heterocycles. The Bertz CT molecular complexity index is 435. The molecule has 0 saturated carbocycles. The Hall–Kier alpha value is -1.56. The van der Waals surface area contributed by atoms with E-state index in [2.05, 4.69) is 30.9 Å². The van der Waals surface area contributed by atoms with Gasteiger partial charge < -0.3 is 14.3 Å². The largest absolute Gasteiger partial charge is 0.457 e. The van der Waals surface area contributed by atoms with Gasteiger partial charge in [0.2, 0.25) is 0 Å². The third-order valence-electron chi connectivity index (χ3n) is 1.55. The summed E-state index contributed by atoms with van der Waals surface area (Å²) in [4.78, 5) is 11.5. The first-order valence-electron chi connectivity index (χ1n) is 3.71. The highest BCUT2D eigenvalue weighted by atomic mass is 79.9. The van der Waals surface area contributed by atoms with Gasteiger partial charge >= 0.3 is 0 Å². The number of nitrogens with one attached hydrogen (secondary N) is 1. The van der Waals surface area contributed by atoms with Crippen LogP contribution in [-0.2, 0) is 0 Å². The molecule has 2 aromatic heterocycles. The van der Waals surface area contributed by atoms with Crippen molar-refractivity contribution >= 4 is 27.5 Å². The molecule has 0 saturated heterocycles. The Balaban J connectivity index is 2.14. The molecule has 0 fully saturated rings. The molecule has 0 aliphatic rings. The quantitative estimate of drug-likeness (QED) is 0.895. The smallest absolute Gasteiger partial charge is 0.260 e. The Kier molecular flexibility index (Phi) is 2.36. The van der Waals surface area contributed by atoms with Gasteiger partial charge in [0.15, 0.2) is 4.67 Å². The third-order valence-corrected chi connectivity index (χ3v) is 2.17. The number of carbonyl (C=O) groups is 1. The minimum Gasteiger partial charge on any atom is -0.457 e. The van der Waals surface area contributed by atoms with Gasteiger partial charge in [-0.2, -0.15) is 0 Å². The van der Waals surface area contributed by atoms with Crippen molar-refractivity contribution in [1.82, 2.24) is 5.16 Å². The fraction of sp³-hybridized carbons (Fsp3) is 0. The maximum Gasteiger partial charge on any atom is 0.260 e. The summed E-state index contributed by atoms with van der Waals surface area (Å²) in [6, 6.07) is 1.56. The summed E-state index contributed by atoms with van der Waals surface area (Å²) in [5.74, 6) is -0.283. The maximum atomic E-state index is 11.5. The molecule has 2 heterocycles. The van der Waals surface area contributed by atoms with Gasteiger partial charge in [0.25, 0.3) is 5.91 Å². The number of nitrogens with zero attached hydrogens (tertiary/aromatic N) is 1. The van der Waals surface area contributed by atoms with Crippen molar-refractivity contribution in [2.75, 3.05) is 5.32 Å². The highest BCUT2D eigenvalue weighted by molar-refractivity contribution is 9.10. The van der Waals surface area contributed by atoms with Crippen LogP contribution in [0.15, 0.2) is 38.4 Å². The molecule has 1 amide bonds. The molecule has 72 valence electrons. The van der Waals surface area contributed by atoms with Crippen LogP contribution in [0.5, 0.6) is 0 Å². The highest BCUT2D eigenvalue weighted by Crippen LogP contribution is 2.18. The van der Waals surface area contributed by atoms with Gasteiger partial charge in [0, 0.05) is 0 Å². The van der Waals surface area contributed by atoms with E-state index in [0.29, 0.717) is 15.9 Å². The predicted octanol–water partition coefficient (Wildman–Crippen LogP) is 2.28. The zero-order valence-electron chi connectivity index (χ0n) is 6.86. The Labute approximate surface area is 87.2 Å². The molecule has 0 unspecified atom stereocenters. The second-order valence-electron chi connectivity index (χ2n) is 2.48. The molecule has 0 aromatic carbocycles. The fourth-order valence-electron chi connectivity index (χ4n) is 0.921. The minimum atomic E-state index is -0.283. The lowest BCUT2D eigenvalue weighted by Crippen LogP contribution is -2.10. The molecule has 2 rings (SSSR count). The number of anilines is 1. The molecular formula is C8H5BrN2O3. The normalized spacial score (nSPS) is 10.1. The van der Waals surface area contributed by atoms with Crippen molar-refractivity contribution in [3.05, 3.63) is 35.0 Å². The van der Waals surface area contributed by atoms with E-state index in [9.17, 15) is 4.79 Å². The first-order chi connectivity index (χ1) is 6.77. The first-order valence-corrected chi connectivity index (χ1v) is 4.50. The van der Waals surface area contributed by atoms with Crippen molar-refractivity contribution in [2.24, 2.45) is 0 Å². The molecule has 2 aromatic rings. The van der Waals surface area contributed by atoms with Gasteiger partial charge in [-0.05, 0) is 22.0 Å². The summed E-state index contributed by atoms with van der Waals surface area (Å²) in [6.45, 7) is 0. The molecule has 5 nitrogen and oxygen atoms in total. The van der Waals surface area contributed by atoms with E-state index in [1.165, 1.54) is 18.7 Å². The first kappa shape index (κ1) is 9.01. The lowest BCUT2D eigenvalue weighted by molar-refractivity contribution is 0.102. The van der Waals surface area contributed by atoms with Gasteiger partial charge in [0.1, 0.15) is 12.0 Å². The summed E-state index contributed by atoms with van der Waals surface area (Å²) in [5.41, 5.74) is 0.925. The van der Waals surface area contributed by atoms with Gasteiger partial charge in [-0.3, -0.25) is 4.79 Å². The minimum absolute atomic E-state index is 0.283. The number of hydrogen-bond acceptors (Lipinski definition) is 4. The standard InChI is InChI=1S/C8H5BrN2O3/c9-7-6(1-2-13-7)8(12)11-5-3-10-14-4-5/h1-4H,(H,11,12). The van der Waals surface area contributed by atoms with Crippen LogP contribution in [0.2, 0.25) is 0 Å². The Morgan fingerprint density at radius 2 is 2.43 bits per heavy atom. The second kappa shape index (κ2) is 3.67. The summed E-state index contributed by atoms with van der Waals surface area (Å²) >= 11 is 3.10. The monoisotopic (exact) mass is 256 g/mol. The van der Waals surface area contributed by atoms with Crippen LogP contribution in [0, 0.1) is 0 Å². The van der Waals surface area contributed by atoms with E-state index in [-0.39, 0.29) is 5.91 Å². The summed E-state index contributed by atoms with van der Waals surface area (Å²) < 4.78 is 9.88. The molecule has 0 bridgehead atoms. The van der Waals surface area contributed by atoms with Crippen LogP contribution in [-0.4, -0.2) is 11.1 Å². The van der Waals surface area contributed by atoms with Crippen molar-refractivity contribution < 1.29 is 13.7 Å². The number of aromatic nitrogens is 1. The van der Waals surface area contributed by atoms with Gasteiger partial charge in [-0.15, -0.1) is 0 Å². The zero-order valence-corrected chi connectivity index (χ0v) is 8.45. The maximum absolute atomic E-state index is 11.5. The van der Waals surface area contributed by atoms with E-state index in [4.69, 9.17) is 4.42 Å². The average Bonchev–Trinajstić information content (AvgIpc) is 2.75. The van der Waals surface area contributed by atoms with E-state index in [0.717, 1.165) is 0 Å². The predicted molar refractivity (Wildman–Crippen MR) is 50.9 cm³/mol. The molecule has 14 heavy (non-hydrogen) atoms. The fourth-order valence-corrected chi connectivity index (χ4v) is 1.34. The summed E-state index contributed by atoms with van der Waals surface area (Å²) in [6.07, 6.45) is 4.17. The van der Waals surface area contributed by atoms with Crippen LogP contribution < -0.4 is 5.32 Å². The van der Waals surface area contributed by atoms with Crippen LogP contribution >= 0.6 is 15.9 Å². The summed E-state index contributed by atoms with van der Waals surface area (Å²) in [5, 5.41) is 6.03. The van der Waals surface area contributed by atoms with Crippen LogP contribution in [0.25, 0.3) is 0 Å². The number of rotatable bonds is 2. The number of furan rings is 1. The van der Waals surface area contributed by atoms with Crippen molar-refractivity contribution in [2.45, 2.75) is 0 Å². The van der Waals surface area contributed by atoms with E-state index in [1.807, 2.05) is 0 Å².